The van der Waals surface area contributed by atoms with Gasteiger partial charge in [-0.2, -0.15) is 0 Å². The Morgan fingerprint density at radius 3 is 2.27 bits per heavy atom. The highest BCUT2D eigenvalue weighted by Gasteiger charge is 2.68. The van der Waals surface area contributed by atoms with Crippen LogP contribution in [0.1, 0.15) is 111 Å². The van der Waals surface area contributed by atoms with E-state index in [1.54, 1.807) is 0 Å². The van der Waals surface area contributed by atoms with Gasteiger partial charge in [0.05, 0.1) is 6.10 Å². The molecule has 0 bridgehead atoms. The van der Waals surface area contributed by atoms with Crippen molar-refractivity contribution in [3.8, 4) is 0 Å². The monoisotopic (exact) mass is 666 g/mol. The summed E-state index contributed by atoms with van der Waals surface area (Å²) in [5.41, 5.74) is 0.703. The summed E-state index contributed by atoms with van der Waals surface area (Å²) in [4.78, 5) is 33.2. The van der Waals surface area contributed by atoms with Crippen molar-refractivity contribution >= 4 is 11.8 Å². The van der Waals surface area contributed by atoms with Crippen LogP contribution in [0.15, 0.2) is 0 Å². The van der Waals surface area contributed by atoms with Crippen LogP contribution in [0.2, 0.25) is 0 Å². The van der Waals surface area contributed by atoms with Crippen LogP contribution >= 0.6 is 0 Å². The van der Waals surface area contributed by atoms with Crippen LogP contribution in [0.5, 0.6) is 0 Å². The van der Waals surface area contributed by atoms with Crippen LogP contribution in [0.3, 0.4) is 0 Å². The molecule has 4 saturated heterocycles. The van der Waals surface area contributed by atoms with Gasteiger partial charge < -0.3 is 19.9 Å². The minimum atomic E-state index is -0.0778. The molecule has 0 aromatic heterocycles. The first kappa shape index (κ1) is 33.9. The van der Waals surface area contributed by atoms with Crippen molar-refractivity contribution in [2.24, 2.45) is 52.3 Å². The third kappa shape index (κ3) is 5.88. The summed E-state index contributed by atoms with van der Waals surface area (Å²) in [6, 6.07) is 0.221. The molecule has 0 aromatic rings. The lowest BCUT2D eigenvalue weighted by atomic mass is 9.44. The van der Waals surface area contributed by atoms with Gasteiger partial charge in [0.2, 0.25) is 11.8 Å². The molecule has 270 valence electrons. The molecular formula is C40H67N5O3. The van der Waals surface area contributed by atoms with E-state index in [0.29, 0.717) is 34.7 Å². The molecule has 48 heavy (non-hydrogen) atoms. The Morgan fingerprint density at radius 1 is 0.812 bits per heavy atom. The number of nitrogens with one attached hydrogen (secondary N) is 2. The number of ether oxygens (including phenoxy) is 1. The summed E-state index contributed by atoms with van der Waals surface area (Å²) in [6.45, 7) is 19.4. The van der Waals surface area contributed by atoms with E-state index in [1.165, 1.54) is 77.3 Å². The average Bonchev–Trinajstić information content (AvgIpc) is 3.77. The molecule has 0 radical (unpaired) electrons. The molecule has 8 fully saturated rings. The highest BCUT2D eigenvalue weighted by atomic mass is 16.5. The molecule has 1 spiro atoms. The highest BCUT2D eigenvalue weighted by Crippen LogP contribution is 2.71. The average molecular weight is 666 g/mol. The van der Waals surface area contributed by atoms with E-state index in [1.807, 2.05) is 4.90 Å². The van der Waals surface area contributed by atoms with Crippen LogP contribution in [0.25, 0.3) is 0 Å². The molecule has 4 aliphatic carbocycles. The Hall–Kier alpha value is -1.22. The molecule has 8 nitrogen and oxygen atoms in total. The normalized spacial score (nSPS) is 47.8. The SMILES string of the molecule is C[C@@H]1CC[C@@]2(NC1)O[C@H]1C[C@H]3[C@@H]4CC[C@H]5C[C@@H](NC(=O)CC(=O)N6CCN(CCN7CCCC7)CC6)CC[C@]5(C)[C@H]4CC[C@]3(C)[C@H]1[C@@H]2C. The molecule has 8 rings (SSSR count). The van der Waals surface area contributed by atoms with Crippen molar-refractivity contribution in [3.63, 3.8) is 0 Å². The maximum Gasteiger partial charge on any atom is 0.232 e. The van der Waals surface area contributed by atoms with Crippen LogP contribution < -0.4 is 10.6 Å². The van der Waals surface area contributed by atoms with Crippen molar-refractivity contribution in [1.82, 2.24) is 25.3 Å². The number of carbonyl (C=O) groups is 2. The fourth-order valence-corrected chi connectivity index (χ4v) is 13.6. The summed E-state index contributed by atoms with van der Waals surface area (Å²) in [5, 5.41) is 7.27. The molecule has 8 heteroatoms. The summed E-state index contributed by atoms with van der Waals surface area (Å²) in [5.74, 6) is 5.09. The van der Waals surface area contributed by atoms with Gasteiger partial charge in [0.15, 0.2) is 0 Å². The van der Waals surface area contributed by atoms with E-state index in [2.05, 4.69) is 48.1 Å². The number of piperidine rings is 1. The van der Waals surface area contributed by atoms with Crippen LogP contribution in [0.4, 0.5) is 0 Å². The molecule has 8 aliphatic rings. The van der Waals surface area contributed by atoms with Crippen molar-refractivity contribution < 1.29 is 14.3 Å². The number of fused-ring (bicyclic) bond motifs is 7. The zero-order chi connectivity index (χ0) is 33.3. The van der Waals surface area contributed by atoms with E-state index in [9.17, 15) is 9.59 Å². The lowest BCUT2D eigenvalue weighted by Crippen LogP contribution is -2.58. The maximum atomic E-state index is 13.2. The summed E-state index contributed by atoms with van der Waals surface area (Å²) < 4.78 is 7.11. The molecule has 4 heterocycles. The molecule has 2 N–H and O–H groups in total. The van der Waals surface area contributed by atoms with Gasteiger partial charge in [-0.3, -0.25) is 19.8 Å². The second kappa shape index (κ2) is 13.1. The number of nitrogens with zero attached hydrogens (tertiary/aromatic N) is 3. The lowest BCUT2D eigenvalue weighted by molar-refractivity contribution is -0.140. The van der Waals surface area contributed by atoms with Crippen molar-refractivity contribution in [2.45, 2.75) is 129 Å². The van der Waals surface area contributed by atoms with E-state index in [4.69, 9.17) is 4.74 Å². The first-order valence-corrected chi connectivity index (χ1v) is 20.5. The van der Waals surface area contributed by atoms with Gasteiger partial charge in [-0.25, -0.2) is 0 Å². The minimum absolute atomic E-state index is 0.00975. The van der Waals surface area contributed by atoms with Gasteiger partial charge >= 0.3 is 0 Å². The van der Waals surface area contributed by atoms with Crippen LogP contribution in [-0.4, -0.2) is 103 Å². The van der Waals surface area contributed by atoms with Crippen molar-refractivity contribution in [2.75, 3.05) is 58.9 Å². The van der Waals surface area contributed by atoms with Crippen molar-refractivity contribution in [1.29, 1.82) is 0 Å². The topological polar surface area (TPSA) is 77.1 Å². The maximum absolute atomic E-state index is 13.2. The Kier molecular flexibility index (Phi) is 9.24. The molecule has 4 saturated carbocycles. The largest absolute Gasteiger partial charge is 0.357 e. The number of piperazine rings is 1. The number of hydrogen-bond acceptors (Lipinski definition) is 6. The Balaban J connectivity index is 0.820. The fourth-order valence-electron chi connectivity index (χ4n) is 13.6. The third-order valence-corrected chi connectivity index (χ3v) is 16.5. The summed E-state index contributed by atoms with van der Waals surface area (Å²) in [7, 11) is 0. The highest BCUT2D eigenvalue weighted by molar-refractivity contribution is 5.97. The Morgan fingerprint density at radius 2 is 1.54 bits per heavy atom. The number of amides is 2. The molecule has 4 aliphatic heterocycles. The second-order valence-corrected chi connectivity index (χ2v) is 18.8. The zero-order valence-electron chi connectivity index (χ0n) is 30.8. The smallest absolute Gasteiger partial charge is 0.232 e. The van der Waals surface area contributed by atoms with Gasteiger partial charge in [-0.1, -0.05) is 27.7 Å². The second-order valence-electron chi connectivity index (χ2n) is 18.8. The van der Waals surface area contributed by atoms with E-state index in [-0.39, 0.29) is 30.0 Å². The Labute approximate surface area is 291 Å². The summed E-state index contributed by atoms with van der Waals surface area (Å²) >= 11 is 0. The summed E-state index contributed by atoms with van der Waals surface area (Å²) in [6.07, 6.45) is 15.6. The lowest BCUT2D eigenvalue weighted by Gasteiger charge is -2.61. The third-order valence-electron chi connectivity index (χ3n) is 16.5. The van der Waals surface area contributed by atoms with E-state index >= 15 is 0 Å². The number of carbonyl (C=O) groups excluding carboxylic acids is 2. The molecule has 0 aromatic carbocycles. The number of hydrogen-bond donors (Lipinski definition) is 2. The van der Waals surface area contributed by atoms with E-state index in [0.717, 1.165) is 82.3 Å². The van der Waals surface area contributed by atoms with Crippen LogP contribution in [-0.2, 0) is 14.3 Å². The van der Waals surface area contributed by atoms with Gasteiger partial charge in [-0.05, 0) is 136 Å². The quantitative estimate of drug-likeness (QED) is 0.384. The van der Waals surface area contributed by atoms with Gasteiger partial charge in [-0.15, -0.1) is 0 Å². The predicted molar refractivity (Wildman–Crippen MR) is 189 cm³/mol. The first-order chi connectivity index (χ1) is 23.1. The first-order valence-electron chi connectivity index (χ1n) is 20.5. The molecule has 12 atom stereocenters. The predicted octanol–water partition coefficient (Wildman–Crippen LogP) is 5.12. The molecular weight excluding hydrogens is 598 g/mol. The minimum Gasteiger partial charge on any atom is -0.357 e. The van der Waals surface area contributed by atoms with Crippen LogP contribution in [0, 0.1) is 52.3 Å². The number of rotatable bonds is 6. The fraction of sp³-hybridized carbons (Fsp3) is 0.950. The molecule has 0 unspecified atom stereocenters. The van der Waals surface area contributed by atoms with Gasteiger partial charge in [0, 0.05) is 57.8 Å². The standard InChI is InChI=1S/C40H67N5O3/c1-27-9-14-40(41-26-27)28(2)37-34(48-40)24-33-31-8-7-29-23-30(10-12-38(29,3)32(31)11-13-39(33,37)4)42-35(46)25-36(47)45-21-19-44(20-22-45)18-17-43-15-5-6-16-43/h27-34,37,41H,5-26H2,1-4H3,(H,42,46)/t27-,28+,29+,30+,31-,32+,33+,34+,37+,38+,39+,40-/m1/s1. The number of likely N-dealkylation sites (tertiary alicyclic amines) is 1. The zero-order valence-corrected chi connectivity index (χ0v) is 30.8. The Bertz CT molecular complexity index is 1190. The van der Waals surface area contributed by atoms with Gasteiger partial charge in [0.25, 0.3) is 0 Å². The van der Waals surface area contributed by atoms with Crippen molar-refractivity contribution in [3.05, 3.63) is 0 Å². The molecule has 2 amide bonds. The van der Waals surface area contributed by atoms with E-state index < -0.39 is 0 Å². The van der Waals surface area contributed by atoms with Gasteiger partial charge in [0.1, 0.15) is 12.1 Å².